The van der Waals surface area contributed by atoms with E-state index in [1.54, 1.807) is 23.9 Å². The summed E-state index contributed by atoms with van der Waals surface area (Å²) in [5.41, 5.74) is 3.28. The van der Waals surface area contributed by atoms with E-state index in [0.717, 1.165) is 28.9 Å². The first kappa shape index (κ1) is 24.5. The van der Waals surface area contributed by atoms with Crippen LogP contribution in [0.2, 0.25) is 0 Å². The lowest BCUT2D eigenvalue weighted by Gasteiger charge is -2.43. The summed E-state index contributed by atoms with van der Waals surface area (Å²) in [7, 11) is 0. The molecule has 3 N–H and O–H groups in total. The molecule has 9 heteroatoms. The highest BCUT2D eigenvalue weighted by Gasteiger charge is 2.37. The molecule has 5 rings (SSSR count). The predicted molar refractivity (Wildman–Crippen MR) is 143 cm³/mol. The summed E-state index contributed by atoms with van der Waals surface area (Å²) in [4.78, 5) is 43.7. The lowest BCUT2D eigenvalue weighted by Crippen LogP contribution is -2.56. The van der Waals surface area contributed by atoms with Crippen molar-refractivity contribution in [1.29, 1.82) is 0 Å². The smallest absolute Gasteiger partial charge is 0.318 e. The maximum atomic E-state index is 13.2. The van der Waals surface area contributed by atoms with Gasteiger partial charge in [-0.15, -0.1) is 0 Å². The van der Waals surface area contributed by atoms with E-state index in [-0.39, 0.29) is 29.3 Å². The van der Waals surface area contributed by atoms with Crippen LogP contribution in [0.15, 0.2) is 53.5 Å². The van der Waals surface area contributed by atoms with E-state index in [9.17, 15) is 14.4 Å². The van der Waals surface area contributed by atoms with Crippen molar-refractivity contribution in [2.45, 2.75) is 37.8 Å². The van der Waals surface area contributed by atoms with Crippen LogP contribution in [0, 0.1) is 5.92 Å². The first-order valence-electron chi connectivity index (χ1n) is 12.6. The Kier molecular flexibility index (Phi) is 7.36. The molecule has 36 heavy (non-hydrogen) atoms. The highest BCUT2D eigenvalue weighted by molar-refractivity contribution is 7.98. The lowest BCUT2D eigenvalue weighted by molar-refractivity contribution is -0.123. The van der Waals surface area contributed by atoms with Gasteiger partial charge in [-0.2, -0.15) is 11.8 Å². The van der Waals surface area contributed by atoms with Crippen LogP contribution < -0.4 is 16.2 Å². The summed E-state index contributed by atoms with van der Waals surface area (Å²) in [6.45, 7) is 2.30. The number of amides is 3. The van der Waals surface area contributed by atoms with E-state index in [4.69, 9.17) is 0 Å². The highest BCUT2D eigenvalue weighted by atomic mass is 32.2. The van der Waals surface area contributed by atoms with E-state index >= 15 is 0 Å². The number of benzene rings is 1. The summed E-state index contributed by atoms with van der Waals surface area (Å²) in [6.07, 6.45) is 6.26. The van der Waals surface area contributed by atoms with Crippen LogP contribution >= 0.6 is 11.8 Å². The van der Waals surface area contributed by atoms with E-state index < -0.39 is 6.04 Å². The Hall–Kier alpha value is -3.20. The molecule has 0 radical (unpaired) electrons. The van der Waals surface area contributed by atoms with Gasteiger partial charge in [0.2, 0.25) is 5.91 Å². The Morgan fingerprint density at radius 1 is 1.14 bits per heavy atom. The molecule has 3 amide bonds. The highest BCUT2D eigenvalue weighted by Crippen LogP contribution is 2.34. The fourth-order valence-electron chi connectivity index (χ4n) is 5.59. The molecular weight excluding hydrogens is 474 g/mol. The first-order valence-corrected chi connectivity index (χ1v) is 14.0. The van der Waals surface area contributed by atoms with Crippen LogP contribution in [0.4, 0.5) is 4.79 Å². The number of thioether (sulfide) groups is 1. The van der Waals surface area contributed by atoms with Crippen LogP contribution in [-0.2, 0) is 17.8 Å². The molecule has 190 valence electrons. The number of urea groups is 1. The molecule has 0 spiro atoms. The van der Waals surface area contributed by atoms with Crippen LogP contribution in [0.3, 0.4) is 0 Å². The number of rotatable bonds is 8. The van der Waals surface area contributed by atoms with E-state index in [2.05, 4.69) is 21.7 Å². The van der Waals surface area contributed by atoms with Gasteiger partial charge in [0.05, 0.1) is 0 Å². The maximum absolute atomic E-state index is 13.2. The third-order valence-corrected chi connectivity index (χ3v) is 8.00. The molecule has 1 aromatic carbocycles. The van der Waals surface area contributed by atoms with Gasteiger partial charge in [0.15, 0.2) is 0 Å². The van der Waals surface area contributed by atoms with Crippen molar-refractivity contribution in [3.05, 3.63) is 70.3 Å². The number of hydrogen-bond acceptors (Lipinski definition) is 4. The molecule has 0 unspecified atom stereocenters. The third kappa shape index (κ3) is 5.16. The molecule has 8 nitrogen and oxygen atoms in total. The molecular formula is C27H33N5O3S. The third-order valence-electron chi connectivity index (χ3n) is 7.36. The molecule has 2 aliphatic heterocycles. The second-order valence-corrected chi connectivity index (χ2v) is 10.8. The topological polar surface area (TPSA) is 99.2 Å². The summed E-state index contributed by atoms with van der Waals surface area (Å²) in [5, 5.41) is 7.20. The molecule has 3 aromatic rings. The zero-order valence-electron chi connectivity index (χ0n) is 20.5. The quantitative estimate of drug-likeness (QED) is 0.437. The number of H-pyrrole nitrogens is 1. The summed E-state index contributed by atoms with van der Waals surface area (Å²) in [5.74, 6) is 1.03. The largest absolute Gasteiger partial charge is 0.361 e. The number of likely N-dealkylation sites (tertiary alicyclic amines) is 1. The minimum Gasteiger partial charge on any atom is -0.361 e. The normalized spacial score (nSPS) is 19.5. The number of nitrogens with one attached hydrogen (secondary N) is 3. The number of carbonyl (C=O) groups excluding carboxylic acids is 2. The van der Waals surface area contributed by atoms with E-state index in [1.165, 1.54) is 5.39 Å². The molecule has 1 fully saturated rings. The molecule has 0 saturated carbocycles. The Bertz CT molecular complexity index is 1300. The summed E-state index contributed by atoms with van der Waals surface area (Å²) in [6, 6.07) is 12.7. The number of pyridine rings is 1. The molecule has 2 bridgehead atoms. The number of fused-ring (bicyclic) bond motifs is 5. The second kappa shape index (κ2) is 10.8. The van der Waals surface area contributed by atoms with Gasteiger partial charge in [0.1, 0.15) is 6.04 Å². The fraction of sp³-hybridized carbons (Fsp3) is 0.444. The molecule has 3 atom stereocenters. The molecule has 1 saturated heterocycles. The summed E-state index contributed by atoms with van der Waals surface area (Å²) < 4.78 is 1.86. The SMILES string of the molecule is CSCC[C@H](NC(=O)N1C[C@H]2C[C@@H](C1)c1cccc(=O)n1C2)C(=O)NCCc1c[nH]c2ccccc12. The van der Waals surface area contributed by atoms with Crippen molar-refractivity contribution in [3.63, 3.8) is 0 Å². The van der Waals surface area contributed by atoms with Crippen LogP contribution in [-0.4, -0.2) is 64.1 Å². The maximum Gasteiger partial charge on any atom is 0.318 e. The van der Waals surface area contributed by atoms with Gasteiger partial charge in [-0.05, 0) is 54.9 Å². The molecule has 0 aliphatic carbocycles. The van der Waals surface area contributed by atoms with Crippen LogP contribution in [0.25, 0.3) is 10.9 Å². The van der Waals surface area contributed by atoms with Crippen molar-refractivity contribution < 1.29 is 9.59 Å². The van der Waals surface area contributed by atoms with Gasteiger partial charge in [-0.1, -0.05) is 24.3 Å². The number of para-hydroxylation sites is 1. The Labute approximate surface area is 214 Å². The number of piperidine rings is 1. The number of aromatic amines is 1. The standard InChI is InChI=1S/C27H33N5O3S/c1-36-12-10-23(26(34)28-11-9-19-14-29-22-6-3-2-5-21(19)22)30-27(35)31-15-18-13-20(17-31)24-7-4-8-25(33)32(24)16-18/h2-8,14,18,20,23,29H,9-13,15-17H2,1H3,(H,28,34)(H,30,35)/t18-,20+,23+/m1/s1. The summed E-state index contributed by atoms with van der Waals surface area (Å²) >= 11 is 1.66. The lowest BCUT2D eigenvalue weighted by atomic mass is 9.83. The fourth-order valence-corrected chi connectivity index (χ4v) is 6.06. The number of hydrogen-bond donors (Lipinski definition) is 3. The molecule has 2 aromatic heterocycles. The van der Waals surface area contributed by atoms with Crippen LogP contribution in [0.1, 0.15) is 30.0 Å². The van der Waals surface area contributed by atoms with Crippen molar-refractivity contribution in [1.82, 2.24) is 25.1 Å². The molecule has 4 heterocycles. The minimum absolute atomic E-state index is 0.0292. The number of aromatic nitrogens is 2. The Morgan fingerprint density at radius 2 is 2.00 bits per heavy atom. The monoisotopic (exact) mass is 507 g/mol. The Morgan fingerprint density at radius 3 is 2.86 bits per heavy atom. The van der Waals surface area contributed by atoms with Gasteiger partial charge < -0.3 is 25.1 Å². The zero-order valence-corrected chi connectivity index (χ0v) is 21.4. The van der Waals surface area contributed by atoms with Gasteiger partial charge in [0, 0.05) is 61.0 Å². The molecule has 2 aliphatic rings. The number of nitrogens with zero attached hydrogens (tertiary/aromatic N) is 2. The predicted octanol–water partition coefficient (Wildman–Crippen LogP) is 2.94. The second-order valence-electron chi connectivity index (χ2n) is 9.79. The average molecular weight is 508 g/mol. The van der Waals surface area contributed by atoms with Crippen molar-refractivity contribution in [2.24, 2.45) is 5.92 Å². The van der Waals surface area contributed by atoms with Gasteiger partial charge in [-0.25, -0.2) is 4.79 Å². The zero-order chi connectivity index (χ0) is 25.1. The first-order chi connectivity index (χ1) is 17.5. The van der Waals surface area contributed by atoms with Crippen molar-refractivity contribution >= 4 is 34.6 Å². The van der Waals surface area contributed by atoms with E-state index in [1.807, 2.05) is 46.2 Å². The van der Waals surface area contributed by atoms with Gasteiger partial charge in [0.25, 0.3) is 5.56 Å². The number of carbonyl (C=O) groups is 2. The average Bonchev–Trinajstić information content (AvgIpc) is 3.30. The van der Waals surface area contributed by atoms with Crippen LogP contribution in [0.5, 0.6) is 0 Å². The van der Waals surface area contributed by atoms with Gasteiger partial charge >= 0.3 is 6.03 Å². The minimum atomic E-state index is -0.579. The Balaban J connectivity index is 1.19. The van der Waals surface area contributed by atoms with Gasteiger partial charge in [-0.3, -0.25) is 9.59 Å². The van der Waals surface area contributed by atoms with Crippen molar-refractivity contribution in [2.75, 3.05) is 31.6 Å². The van der Waals surface area contributed by atoms with Crippen molar-refractivity contribution in [3.8, 4) is 0 Å². The van der Waals surface area contributed by atoms with E-state index in [0.29, 0.717) is 39.0 Å².